The lowest BCUT2D eigenvalue weighted by Gasteiger charge is -2.36. The van der Waals surface area contributed by atoms with Gasteiger partial charge in [0.2, 0.25) is 0 Å². The minimum absolute atomic E-state index is 0.781. The van der Waals surface area contributed by atoms with Gasteiger partial charge in [0.05, 0.1) is 5.69 Å². The van der Waals surface area contributed by atoms with Gasteiger partial charge in [-0.05, 0) is 55.5 Å². The van der Waals surface area contributed by atoms with Gasteiger partial charge in [-0.25, -0.2) is 0 Å². The Balaban J connectivity index is 2.07. The molecule has 0 aromatic heterocycles. The summed E-state index contributed by atoms with van der Waals surface area (Å²) in [5.41, 5.74) is 8.15. The number of nitrogens with two attached hydrogens (primary N) is 1. The van der Waals surface area contributed by atoms with Crippen LogP contribution in [0.4, 0.5) is 5.69 Å². The number of rotatable bonds is 5. The molecule has 0 spiro atoms. The van der Waals surface area contributed by atoms with E-state index < -0.39 is 0 Å². The van der Waals surface area contributed by atoms with Crippen molar-refractivity contribution in [2.45, 2.75) is 19.3 Å². The highest BCUT2D eigenvalue weighted by atomic mass is 32.2. The van der Waals surface area contributed by atoms with Gasteiger partial charge in [-0.1, -0.05) is 18.7 Å². The van der Waals surface area contributed by atoms with Gasteiger partial charge in [0.1, 0.15) is 5.82 Å². The first-order chi connectivity index (χ1) is 9.22. The molecule has 104 valence electrons. The SMILES string of the molecule is C=C1N(C)CCSN1c1cccc(CCCCN)c1. The summed E-state index contributed by atoms with van der Waals surface area (Å²) in [5.74, 6) is 2.17. The first-order valence-electron chi connectivity index (χ1n) is 6.84. The number of hydrogen-bond acceptors (Lipinski definition) is 4. The predicted molar refractivity (Wildman–Crippen MR) is 85.1 cm³/mol. The Kier molecular flexibility index (Phi) is 5.16. The van der Waals surface area contributed by atoms with Crippen molar-refractivity contribution in [3.63, 3.8) is 0 Å². The molecule has 1 aromatic carbocycles. The Hall–Kier alpha value is -1.13. The van der Waals surface area contributed by atoms with Crippen LogP contribution in [0.15, 0.2) is 36.7 Å². The van der Waals surface area contributed by atoms with Crippen LogP contribution in [-0.4, -0.2) is 30.8 Å². The van der Waals surface area contributed by atoms with E-state index in [1.54, 1.807) is 0 Å². The van der Waals surface area contributed by atoms with Gasteiger partial charge in [-0.15, -0.1) is 0 Å². The van der Waals surface area contributed by atoms with Gasteiger partial charge in [0, 0.05) is 19.3 Å². The van der Waals surface area contributed by atoms with Crippen LogP contribution < -0.4 is 10.0 Å². The molecule has 19 heavy (non-hydrogen) atoms. The zero-order valence-corrected chi connectivity index (χ0v) is 12.5. The molecule has 0 radical (unpaired) electrons. The standard InChI is InChI=1S/C15H23N3S/c1-13-17(2)10-11-19-18(13)15-8-5-7-14(12-15)6-3-4-9-16/h5,7-8,12H,1,3-4,6,9-11,16H2,2H3. The van der Waals surface area contributed by atoms with E-state index in [9.17, 15) is 0 Å². The van der Waals surface area contributed by atoms with Crippen LogP contribution in [-0.2, 0) is 6.42 Å². The highest BCUT2D eigenvalue weighted by Gasteiger charge is 2.19. The average Bonchev–Trinajstić information content (AvgIpc) is 2.43. The first kappa shape index (κ1) is 14.3. The fourth-order valence-corrected chi connectivity index (χ4v) is 3.25. The van der Waals surface area contributed by atoms with E-state index in [-0.39, 0.29) is 0 Å². The quantitative estimate of drug-likeness (QED) is 0.662. The molecule has 3 nitrogen and oxygen atoms in total. The summed E-state index contributed by atoms with van der Waals surface area (Å²) in [6.07, 6.45) is 3.36. The molecule has 1 saturated heterocycles. The number of hydrogen-bond donors (Lipinski definition) is 1. The van der Waals surface area contributed by atoms with Crippen molar-refractivity contribution in [3.8, 4) is 0 Å². The Morgan fingerprint density at radius 2 is 2.21 bits per heavy atom. The maximum atomic E-state index is 5.54. The molecule has 1 aliphatic heterocycles. The van der Waals surface area contributed by atoms with Gasteiger partial charge < -0.3 is 10.6 Å². The summed E-state index contributed by atoms with van der Waals surface area (Å²) in [7, 11) is 2.10. The summed E-state index contributed by atoms with van der Waals surface area (Å²) in [4.78, 5) is 2.21. The van der Waals surface area contributed by atoms with Crippen molar-refractivity contribution in [2.75, 3.05) is 30.2 Å². The van der Waals surface area contributed by atoms with Crippen LogP contribution in [0.2, 0.25) is 0 Å². The van der Waals surface area contributed by atoms with Crippen LogP contribution >= 0.6 is 11.9 Å². The smallest absolute Gasteiger partial charge is 0.111 e. The molecule has 0 atom stereocenters. The van der Waals surface area contributed by atoms with Crippen molar-refractivity contribution in [3.05, 3.63) is 42.2 Å². The number of nitrogens with zero attached hydrogens (tertiary/aromatic N) is 2. The van der Waals surface area contributed by atoms with Crippen molar-refractivity contribution < 1.29 is 0 Å². The molecule has 0 bridgehead atoms. The summed E-state index contributed by atoms with van der Waals surface area (Å²) in [5, 5.41) is 0. The number of aryl methyl sites for hydroxylation is 1. The molecule has 1 heterocycles. The number of unbranched alkanes of at least 4 members (excludes halogenated alkanes) is 1. The van der Waals surface area contributed by atoms with Gasteiger partial charge >= 0.3 is 0 Å². The topological polar surface area (TPSA) is 32.5 Å². The summed E-state index contributed by atoms with van der Waals surface area (Å²) >= 11 is 1.84. The lowest BCUT2D eigenvalue weighted by atomic mass is 10.1. The van der Waals surface area contributed by atoms with Gasteiger partial charge in [-0.3, -0.25) is 4.31 Å². The molecule has 0 unspecified atom stereocenters. The lowest BCUT2D eigenvalue weighted by Crippen LogP contribution is -2.35. The van der Waals surface area contributed by atoms with Crippen LogP contribution in [0.1, 0.15) is 18.4 Å². The van der Waals surface area contributed by atoms with Crippen LogP contribution in [0.3, 0.4) is 0 Å². The minimum Gasteiger partial charge on any atom is -0.360 e. The van der Waals surface area contributed by atoms with Crippen molar-refractivity contribution in [2.24, 2.45) is 5.73 Å². The molecular weight excluding hydrogens is 254 g/mol. The van der Waals surface area contributed by atoms with E-state index in [1.807, 2.05) is 11.9 Å². The molecule has 1 aliphatic rings. The summed E-state index contributed by atoms with van der Waals surface area (Å²) in [6, 6.07) is 8.76. The Labute approximate surface area is 120 Å². The normalized spacial score (nSPS) is 16.0. The molecule has 0 amide bonds. The second kappa shape index (κ2) is 6.87. The minimum atomic E-state index is 0.781. The summed E-state index contributed by atoms with van der Waals surface area (Å²) < 4.78 is 2.23. The molecule has 0 saturated carbocycles. The maximum absolute atomic E-state index is 5.54. The Bertz CT molecular complexity index is 433. The van der Waals surface area contributed by atoms with Gasteiger partial charge in [-0.2, -0.15) is 0 Å². The van der Waals surface area contributed by atoms with E-state index in [4.69, 9.17) is 5.73 Å². The molecule has 1 fully saturated rings. The lowest BCUT2D eigenvalue weighted by molar-refractivity contribution is 0.436. The van der Waals surface area contributed by atoms with Crippen molar-refractivity contribution in [1.82, 2.24) is 4.90 Å². The van der Waals surface area contributed by atoms with Gasteiger partial charge in [0.25, 0.3) is 0 Å². The number of benzene rings is 1. The fraction of sp³-hybridized carbons (Fsp3) is 0.467. The van der Waals surface area contributed by atoms with Crippen LogP contribution in [0.5, 0.6) is 0 Å². The molecule has 1 aromatic rings. The molecular formula is C15H23N3S. The monoisotopic (exact) mass is 277 g/mol. The zero-order valence-electron chi connectivity index (χ0n) is 11.6. The summed E-state index contributed by atoms with van der Waals surface area (Å²) in [6.45, 7) is 6.02. The van der Waals surface area contributed by atoms with E-state index in [1.165, 1.54) is 11.3 Å². The van der Waals surface area contributed by atoms with E-state index in [0.717, 1.165) is 43.9 Å². The second-order valence-electron chi connectivity index (χ2n) is 4.88. The molecule has 2 rings (SSSR count). The van der Waals surface area contributed by atoms with Gasteiger partial charge in [0.15, 0.2) is 0 Å². The highest BCUT2D eigenvalue weighted by molar-refractivity contribution is 8.00. The predicted octanol–water partition coefficient (Wildman–Crippen LogP) is 2.84. The second-order valence-corrected chi connectivity index (χ2v) is 5.91. The van der Waals surface area contributed by atoms with E-state index in [2.05, 4.69) is 47.1 Å². The maximum Gasteiger partial charge on any atom is 0.111 e. The third-order valence-electron chi connectivity index (χ3n) is 3.39. The fourth-order valence-electron chi connectivity index (χ4n) is 2.16. The molecule has 2 N–H and O–H groups in total. The highest BCUT2D eigenvalue weighted by Crippen LogP contribution is 2.31. The molecule has 4 heteroatoms. The first-order valence-corrected chi connectivity index (χ1v) is 7.78. The molecule has 0 aliphatic carbocycles. The third-order valence-corrected chi connectivity index (χ3v) is 4.43. The van der Waals surface area contributed by atoms with Crippen molar-refractivity contribution >= 4 is 17.6 Å². The van der Waals surface area contributed by atoms with E-state index in [0.29, 0.717) is 0 Å². The van der Waals surface area contributed by atoms with Crippen LogP contribution in [0.25, 0.3) is 0 Å². The zero-order chi connectivity index (χ0) is 13.7. The third kappa shape index (κ3) is 3.67. The number of anilines is 1. The average molecular weight is 277 g/mol. The van der Waals surface area contributed by atoms with Crippen molar-refractivity contribution in [1.29, 1.82) is 0 Å². The largest absolute Gasteiger partial charge is 0.360 e. The van der Waals surface area contributed by atoms with E-state index >= 15 is 0 Å². The van der Waals surface area contributed by atoms with Crippen LogP contribution in [0, 0.1) is 0 Å². The Morgan fingerprint density at radius 3 is 3.00 bits per heavy atom. The Morgan fingerprint density at radius 1 is 1.37 bits per heavy atom.